The van der Waals surface area contributed by atoms with Crippen LogP contribution in [-0.2, 0) is 0 Å². The number of nitrogen functional groups attached to an aromatic ring is 1. The number of hydrogen-bond donors (Lipinski definition) is 2. The van der Waals surface area contributed by atoms with Crippen molar-refractivity contribution < 1.29 is 0 Å². The van der Waals surface area contributed by atoms with Crippen LogP contribution in [0.2, 0.25) is 0 Å². The SMILES string of the molecule is C/C=C/C(=N)c1ccc(C)cc1N. The molecule has 0 aliphatic rings. The number of allylic oxidation sites excluding steroid dienone is 2. The first kappa shape index (κ1) is 9.52. The zero-order valence-corrected chi connectivity index (χ0v) is 7.96. The van der Waals surface area contributed by atoms with Gasteiger partial charge >= 0.3 is 0 Å². The van der Waals surface area contributed by atoms with Crippen molar-refractivity contribution in [3.63, 3.8) is 0 Å². The van der Waals surface area contributed by atoms with Gasteiger partial charge in [-0.3, -0.25) is 0 Å². The van der Waals surface area contributed by atoms with Gasteiger partial charge in [0.25, 0.3) is 0 Å². The lowest BCUT2D eigenvalue weighted by molar-refractivity contribution is 1.44. The molecule has 0 bridgehead atoms. The number of nitrogens with two attached hydrogens (primary N) is 1. The molecule has 0 aliphatic carbocycles. The van der Waals surface area contributed by atoms with Gasteiger partial charge in [0.2, 0.25) is 0 Å². The third kappa shape index (κ3) is 2.18. The van der Waals surface area contributed by atoms with Crippen molar-refractivity contribution in [1.82, 2.24) is 0 Å². The minimum atomic E-state index is 0.458. The maximum absolute atomic E-state index is 7.67. The maximum Gasteiger partial charge on any atom is 0.0629 e. The number of aryl methyl sites for hydroxylation is 1. The van der Waals surface area contributed by atoms with Crippen LogP contribution in [0.5, 0.6) is 0 Å². The second-order valence-corrected chi connectivity index (χ2v) is 3.00. The Morgan fingerprint density at radius 3 is 2.69 bits per heavy atom. The van der Waals surface area contributed by atoms with E-state index in [2.05, 4.69) is 0 Å². The summed E-state index contributed by atoms with van der Waals surface area (Å²) in [5.41, 5.74) is 8.82. The smallest absolute Gasteiger partial charge is 0.0629 e. The van der Waals surface area contributed by atoms with Crippen LogP contribution in [0.4, 0.5) is 5.69 Å². The fraction of sp³-hybridized carbons (Fsp3) is 0.182. The van der Waals surface area contributed by atoms with Crippen LogP contribution in [0.25, 0.3) is 0 Å². The molecule has 0 aliphatic heterocycles. The number of rotatable bonds is 2. The number of hydrogen-bond acceptors (Lipinski definition) is 2. The van der Waals surface area contributed by atoms with Crippen molar-refractivity contribution in [1.29, 1.82) is 5.41 Å². The Labute approximate surface area is 78.6 Å². The van der Waals surface area contributed by atoms with Gasteiger partial charge in [-0.15, -0.1) is 0 Å². The van der Waals surface area contributed by atoms with Crippen molar-refractivity contribution >= 4 is 11.4 Å². The fourth-order valence-electron chi connectivity index (χ4n) is 1.18. The predicted molar refractivity (Wildman–Crippen MR) is 57.2 cm³/mol. The van der Waals surface area contributed by atoms with E-state index in [0.717, 1.165) is 11.1 Å². The van der Waals surface area contributed by atoms with Crippen LogP contribution < -0.4 is 5.73 Å². The van der Waals surface area contributed by atoms with Crippen LogP contribution in [-0.4, -0.2) is 5.71 Å². The first-order valence-electron chi connectivity index (χ1n) is 4.23. The van der Waals surface area contributed by atoms with Gasteiger partial charge in [0, 0.05) is 11.3 Å². The van der Waals surface area contributed by atoms with Crippen LogP contribution in [0.3, 0.4) is 0 Å². The highest BCUT2D eigenvalue weighted by Gasteiger charge is 2.01. The fourth-order valence-corrected chi connectivity index (χ4v) is 1.18. The molecule has 2 nitrogen and oxygen atoms in total. The molecule has 0 atom stereocenters. The van der Waals surface area contributed by atoms with Crippen molar-refractivity contribution in [3.05, 3.63) is 41.5 Å². The standard InChI is InChI=1S/C11H14N2/c1-3-4-10(12)9-6-5-8(2)7-11(9)13/h3-7,12H,13H2,1-2H3/b4-3+,12-10?. The van der Waals surface area contributed by atoms with E-state index in [0.29, 0.717) is 11.4 Å². The number of nitrogens with one attached hydrogen (secondary N) is 1. The molecule has 0 spiro atoms. The van der Waals surface area contributed by atoms with E-state index in [4.69, 9.17) is 11.1 Å². The minimum Gasteiger partial charge on any atom is -0.398 e. The van der Waals surface area contributed by atoms with Gasteiger partial charge in [0.1, 0.15) is 0 Å². The average molecular weight is 174 g/mol. The van der Waals surface area contributed by atoms with Crippen LogP contribution in [0, 0.1) is 12.3 Å². The molecule has 1 rings (SSSR count). The van der Waals surface area contributed by atoms with Gasteiger partial charge in [-0.2, -0.15) is 0 Å². The van der Waals surface area contributed by atoms with E-state index in [1.165, 1.54) is 0 Å². The molecular weight excluding hydrogens is 160 g/mol. The lowest BCUT2D eigenvalue weighted by Gasteiger charge is -2.04. The Balaban J connectivity index is 3.09. The molecule has 0 heterocycles. The minimum absolute atomic E-state index is 0.458. The van der Waals surface area contributed by atoms with Crippen LogP contribution in [0.15, 0.2) is 30.4 Å². The summed E-state index contributed by atoms with van der Waals surface area (Å²) in [6.45, 7) is 3.87. The monoisotopic (exact) mass is 174 g/mol. The molecule has 0 unspecified atom stereocenters. The Hall–Kier alpha value is -1.57. The highest BCUT2D eigenvalue weighted by atomic mass is 14.6. The first-order valence-corrected chi connectivity index (χ1v) is 4.23. The van der Waals surface area contributed by atoms with Gasteiger partial charge in [-0.25, -0.2) is 0 Å². The van der Waals surface area contributed by atoms with E-state index < -0.39 is 0 Å². The quantitative estimate of drug-likeness (QED) is 0.525. The first-order chi connectivity index (χ1) is 6.15. The van der Waals surface area contributed by atoms with E-state index in [1.807, 2.05) is 38.1 Å². The highest BCUT2D eigenvalue weighted by molar-refractivity contribution is 6.09. The molecule has 13 heavy (non-hydrogen) atoms. The van der Waals surface area contributed by atoms with E-state index in [9.17, 15) is 0 Å². The third-order valence-electron chi connectivity index (χ3n) is 1.83. The van der Waals surface area contributed by atoms with Crippen molar-refractivity contribution in [2.75, 3.05) is 5.73 Å². The summed E-state index contributed by atoms with van der Waals surface area (Å²) >= 11 is 0. The maximum atomic E-state index is 7.67. The molecule has 0 saturated heterocycles. The largest absolute Gasteiger partial charge is 0.398 e. The number of benzene rings is 1. The second-order valence-electron chi connectivity index (χ2n) is 3.00. The lowest BCUT2D eigenvalue weighted by Crippen LogP contribution is -2.00. The normalized spacial score (nSPS) is 10.6. The summed E-state index contributed by atoms with van der Waals surface area (Å²) in [4.78, 5) is 0. The molecule has 0 fully saturated rings. The van der Waals surface area contributed by atoms with Crippen molar-refractivity contribution in [3.8, 4) is 0 Å². The summed E-state index contributed by atoms with van der Waals surface area (Å²) in [6, 6.07) is 5.73. The highest BCUT2D eigenvalue weighted by Crippen LogP contribution is 2.14. The Morgan fingerprint density at radius 2 is 2.15 bits per heavy atom. The van der Waals surface area contributed by atoms with E-state index in [1.54, 1.807) is 6.08 Å². The summed E-state index contributed by atoms with van der Waals surface area (Å²) in [5.74, 6) is 0. The third-order valence-corrected chi connectivity index (χ3v) is 1.83. The van der Waals surface area contributed by atoms with Crippen molar-refractivity contribution in [2.24, 2.45) is 0 Å². The van der Waals surface area contributed by atoms with Gasteiger partial charge in [-0.1, -0.05) is 18.2 Å². The van der Waals surface area contributed by atoms with E-state index in [-0.39, 0.29) is 0 Å². The summed E-state index contributed by atoms with van der Waals surface area (Å²) < 4.78 is 0. The molecule has 0 saturated carbocycles. The second kappa shape index (κ2) is 3.90. The van der Waals surface area contributed by atoms with Gasteiger partial charge in [0.05, 0.1) is 5.71 Å². The summed E-state index contributed by atoms with van der Waals surface area (Å²) in [6.07, 6.45) is 3.57. The molecule has 0 amide bonds. The molecule has 68 valence electrons. The average Bonchev–Trinajstić information content (AvgIpc) is 2.04. The summed E-state index contributed by atoms with van der Waals surface area (Å²) in [7, 11) is 0. The molecular formula is C11H14N2. The Bertz CT molecular complexity index is 351. The molecule has 1 aromatic carbocycles. The number of anilines is 1. The van der Waals surface area contributed by atoms with Crippen LogP contribution in [0.1, 0.15) is 18.1 Å². The molecule has 0 aromatic heterocycles. The molecule has 0 radical (unpaired) electrons. The molecule has 3 N–H and O–H groups in total. The molecule has 1 aromatic rings. The van der Waals surface area contributed by atoms with Crippen molar-refractivity contribution in [2.45, 2.75) is 13.8 Å². The molecule has 2 heteroatoms. The Kier molecular flexibility index (Phi) is 2.85. The lowest BCUT2D eigenvalue weighted by atomic mass is 10.1. The van der Waals surface area contributed by atoms with Gasteiger partial charge in [-0.05, 0) is 31.6 Å². The zero-order chi connectivity index (χ0) is 9.84. The Morgan fingerprint density at radius 1 is 1.46 bits per heavy atom. The van der Waals surface area contributed by atoms with E-state index >= 15 is 0 Å². The predicted octanol–water partition coefficient (Wildman–Crippen LogP) is 2.52. The zero-order valence-electron chi connectivity index (χ0n) is 7.96. The summed E-state index contributed by atoms with van der Waals surface area (Å²) in [5, 5.41) is 7.67. The van der Waals surface area contributed by atoms with Gasteiger partial charge in [0.15, 0.2) is 0 Å². The van der Waals surface area contributed by atoms with Crippen LogP contribution >= 0.6 is 0 Å². The van der Waals surface area contributed by atoms with Gasteiger partial charge < -0.3 is 11.1 Å². The topological polar surface area (TPSA) is 49.9 Å².